The highest BCUT2D eigenvalue weighted by Gasteiger charge is 2.34. The van der Waals surface area contributed by atoms with Gasteiger partial charge < -0.3 is 14.3 Å². The normalized spacial score (nSPS) is 28.6. The number of ether oxygens (including phenoxy) is 2. The predicted octanol–water partition coefficient (Wildman–Crippen LogP) is 4.34. The first-order valence-electron chi connectivity index (χ1n) is 8.33. The molecule has 1 heterocycles. The molecule has 4 atom stereocenters. The summed E-state index contributed by atoms with van der Waals surface area (Å²) in [6.07, 6.45) is 9.09. The first-order chi connectivity index (χ1) is 9.58. The van der Waals surface area contributed by atoms with Crippen molar-refractivity contribution in [2.75, 3.05) is 0 Å². The Kier molecular flexibility index (Phi) is 8.39. The van der Waals surface area contributed by atoms with Crippen LogP contribution in [0.15, 0.2) is 0 Å². The average Bonchev–Trinajstić information content (AvgIpc) is 2.43. The van der Waals surface area contributed by atoms with E-state index in [0.29, 0.717) is 18.4 Å². The van der Waals surface area contributed by atoms with Crippen molar-refractivity contribution in [1.82, 2.24) is 0 Å². The van der Waals surface area contributed by atoms with Crippen molar-refractivity contribution in [2.24, 2.45) is 11.8 Å². The number of rotatable bonds is 9. The molecule has 20 heavy (non-hydrogen) atoms. The molecule has 0 N–H and O–H groups in total. The van der Waals surface area contributed by atoms with Gasteiger partial charge in [-0.05, 0) is 12.3 Å². The summed E-state index contributed by atoms with van der Waals surface area (Å²) < 4.78 is 12.1. The summed E-state index contributed by atoms with van der Waals surface area (Å²) in [5.74, 6) is 0.648. The first-order valence-corrected chi connectivity index (χ1v) is 8.33. The molecule has 0 aromatic rings. The fourth-order valence-corrected chi connectivity index (χ4v) is 2.73. The number of hydrogen-bond acceptors (Lipinski definition) is 3. The molecular formula is C17H32O3. The van der Waals surface area contributed by atoms with Crippen LogP contribution < -0.4 is 0 Å². The molecule has 1 saturated heterocycles. The molecule has 0 unspecified atom stereocenters. The number of carbonyl (C=O) groups is 1. The maximum atomic E-state index is 10.7. The minimum absolute atomic E-state index is 0.112. The largest absolute Gasteiger partial charge is 0.349 e. The number of carbonyl (C=O) groups excluding carboxylic acids is 1. The summed E-state index contributed by atoms with van der Waals surface area (Å²) >= 11 is 0. The molecular weight excluding hydrogens is 252 g/mol. The van der Waals surface area contributed by atoms with Gasteiger partial charge in [-0.25, -0.2) is 0 Å². The second-order valence-corrected chi connectivity index (χ2v) is 6.51. The quantitative estimate of drug-likeness (QED) is 0.467. The maximum absolute atomic E-state index is 10.7. The fourth-order valence-electron chi connectivity index (χ4n) is 2.73. The van der Waals surface area contributed by atoms with Gasteiger partial charge in [-0.15, -0.1) is 0 Å². The van der Waals surface area contributed by atoms with Crippen LogP contribution in [0, 0.1) is 11.8 Å². The van der Waals surface area contributed by atoms with Crippen LogP contribution in [-0.4, -0.2) is 24.8 Å². The molecule has 118 valence electrons. The second kappa shape index (κ2) is 9.51. The third-order valence-electron chi connectivity index (χ3n) is 4.16. The van der Waals surface area contributed by atoms with Crippen LogP contribution >= 0.6 is 0 Å². The van der Waals surface area contributed by atoms with Gasteiger partial charge in [0.15, 0.2) is 6.29 Å². The SMILES string of the molecule is CCCCCC[C@H]1C[C@H]([C@H](C)CC=O)O[C@@H](C(C)C)O1. The van der Waals surface area contributed by atoms with Crippen LogP contribution in [0.25, 0.3) is 0 Å². The van der Waals surface area contributed by atoms with Crippen molar-refractivity contribution in [1.29, 1.82) is 0 Å². The van der Waals surface area contributed by atoms with Crippen molar-refractivity contribution in [3.63, 3.8) is 0 Å². The number of hydrogen-bond donors (Lipinski definition) is 0. The van der Waals surface area contributed by atoms with Gasteiger partial charge in [-0.1, -0.05) is 53.4 Å². The van der Waals surface area contributed by atoms with E-state index in [1.807, 2.05) is 0 Å². The van der Waals surface area contributed by atoms with E-state index >= 15 is 0 Å². The van der Waals surface area contributed by atoms with E-state index in [0.717, 1.165) is 19.1 Å². The lowest BCUT2D eigenvalue weighted by Gasteiger charge is -2.39. The summed E-state index contributed by atoms with van der Waals surface area (Å²) in [7, 11) is 0. The van der Waals surface area contributed by atoms with Crippen LogP contribution in [0.4, 0.5) is 0 Å². The first kappa shape index (κ1) is 17.6. The van der Waals surface area contributed by atoms with Gasteiger partial charge in [-0.3, -0.25) is 0 Å². The lowest BCUT2D eigenvalue weighted by molar-refractivity contribution is -0.268. The summed E-state index contributed by atoms with van der Waals surface area (Å²) in [5.41, 5.74) is 0. The van der Waals surface area contributed by atoms with Crippen molar-refractivity contribution < 1.29 is 14.3 Å². The molecule has 0 bridgehead atoms. The summed E-state index contributed by atoms with van der Waals surface area (Å²) in [4.78, 5) is 10.7. The Bertz CT molecular complexity index is 265. The van der Waals surface area contributed by atoms with Crippen LogP contribution in [0.5, 0.6) is 0 Å². The average molecular weight is 284 g/mol. The molecule has 0 spiro atoms. The summed E-state index contributed by atoms with van der Waals surface area (Å²) in [6.45, 7) is 8.60. The molecule has 1 aliphatic rings. The van der Waals surface area contributed by atoms with Crippen molar-refractivity contribution in [2.45, 2.75) is 91.1 Å². The third-order valence-corrected chi connectivity index (χ3v) is 4.16. The molecule has 0 saturated carbocycles. The van der Waals surface area contributed by atoms with Crippen LogP contribution in [-0.2, 0) is 14.3 Å². The van der Waals surface area contributed by atoms with Gasteiger partial charge in [0.1, 0.15) is 6.29 Å². The monoisotopic (exact) mass is 284 g/mol. The number of aldehydes is 1. The smallest absolute Gasteiger partial charge is 0.160 e. The van der Waals surface area contributed by atoms with E-state index in [2.05, 4.69) is 27.7 Å². The summed E-state index contributed by atoms with van der Waals surface area (Å²) in [5, 5.41) is 0. The van der Waals surface area contributed by atoms with Gasteiger partial charge in [0.05, 0.1) is 12.2 Å². The van der Waals surface area contributed by atoms with E-state index in [-0.39, 0.29) is 18.3 Å². The molecule has 0 aliphatic carbocycles. The van der Waals surface area contributed by atoms with Crippen LogP contribution in [0.3, 0.4) is 0 Å². The highest BCUT2D eigenvalue weighted by atomic mass is 16.7. The van der Waals surface area contributed by atoms with Crippen molar-refractivity contribution in [3.8, 4) is 0 Å². The van der Waals surface area contributed by atoms with Crippen molar-refractivity contribution >= 4 is 6.29 Å². The van der Waals surface area contributed by atoms with E-state index < -0.39 is 0 Å². The second-order valence-electron chi connectivity index (χ2n) is 6.51. The van der Waals surface area contributed by atoms with Gasteiger partial charge >= 0.3 is 0 Å². The molecule has 1 aliphatic heterocycles. The Hall–Kier alpha value is -0.410. The molecule has 1 fully saturated rings. The van der Waals surface area contributed by atoms with Gasteiger partial charge in [0.2, 0.25) is 0 Å². The van der Waals surface area contributed by atoms with E-state index in [9.17, 15) is 4.79 Å². The highest BCUT2D eigenvalue weighted by molar-refractivity contribution is 5.49. The fraction of sp³-hybridized carbons (Fsp3) is 0.941. The molecule has 1 rings (SSSR count). The molecule has 0 aromatic carbocycles. The molecule has 3 heteroatoms. The zero-order valence-electron chi connectivity index (χ0n) is 13.6. The summed E-state index contributed by atoms with van der Waals surface area (Å²) in [6, 6.07) is 0. The van der Waals surface area contributed by atoms with Gasteiger partial charge in [-0.2, -0.15) is 0 Å². The molecule has 3 nitrogen and oxygen atoms in total. The maximum Gasteiger partial charge on any atom is 0.160 e. The Morgan fingerprint density at radius 1 is 1.15 bits per heavy atom. The lowest BCUT2D eigenvalue weighted by atomic mass is 9.93. The predicted molar refractivity (Wildman–Crippen MR) is 81.6 cm³/mol. The molecule has 0 radical (unpaired) electrons. The Morgan fingerprint density at radius 3 is 2.50 bits per heavy atom. The Balaban J connectivity index is 2.49. The highest BCUT2D eigenvalue weighted by Crippen LogP contribution is 2.30. The Labute approximate surface area is 124 Å². The van der Waals surface area contributed by atoms with Gasteiger partial charge in [0.25, 0.3) is 0 Å². The lowest BCUT2D eigenvalue weighted by Crippen LogP contribution is -2.43. The zero-order chi connectivity index (χ0) is 15.0. The molecule has 0 amide bonds. The Morgan fingerprint density at radius 2 is 1.90 bits per heavy atom. The molecule has 0 aromatic heterocycles. The van der Waals surface area contributed by atoms with Crippen LogP contribution in [0.2, 0.25) is 0 Å². The van der Waals surface area contributed by atoms with E-state index in [1.165, 1.54) is 25.7 Å². The topological polar surface area (TPSA) is 35.5 Å². The number of unbranched alkanes of at least 4 members (excludes halogenated alkanes) is 3. The minimum atomic E-state index is -0.112. The third kappa shape index (κ3) is 5.92. The standard InChI is InChI=1S/C17H32O3/c1-5-6-7-8-9-15-12-16(14(4)10-11-18)20-17(19-15)13(2)3/h11,13-17H,5-10,12H2,1-4H3/t14-,15+,16-,17+/m1/s1. The minimum Gasteiger partial charge on any atom is -0.349 e. The van der Waals surface area contributed by atoms with Crippen LogP contribution in [0.1, 0.15) is 72.6 Å². The van der Waals surface area contributed by atoms with Gasteiger partial charge in [0, 0.05) is 18.8 Å². The van der Waals surface area contributed by atoms with Crippen molar-refractivity contribution in [3.05, 3.63) is 0 Å². The zero-order valence-corrected chi connectivity index (χ0v) is 13.6. The van der Waals surface area contributed by atoms with E-state index in [4.69, 9.17) is 9.47 Å². The van der Waals surface area contributed by atoms with E-state index in [1.54, 1.807) is 0 Å².